The number of anilines is 1. The van der Waals surface area contributed by atoms with Crippen LogP contribution in [0.2, 0.25) is 5.02 Å². The predicted molar refractivity (Wildman–Crippen MR) is 129 cm³/mol. The molecule has 0 saturated carbocycles. The number of aromatic nitrogens is 2. The van der Waals surface area contributed by atoms with Gasteiger partial charge in [-0.3, -0.25) is 14.4 Å². The molecule has 0 saturated heterocycles. The smallest absolute Gasteiger partial charge is 0.369 e. The molecule has 3 aromatic rings. The first-order valence-electron chi connectivity index (χ1n) is 11.0. The molecule has 1 atom stereocenters. The molecule has 1 aliphatic rings. The van der Waals surface area contributed by atoms with E-state index in [1.54, 1.807) is 14.1 Å². The van der Waals surface area contributed by atoms with Crippen molar-refractivity contribution in [2.75, 3.05) is 19.4 Å². The molecule has 2 aromatic carbocycles. The van der Waals surface area contributed by atoms with E-state index in [9.17, 15) is 36.3 Å². The first kappa shape index (κ1) is 27.7. The van der Waals surface area contributed by atoms with Crippen molar-refractivity contribution in [1.82, 2.24) is 19.8 Å². The van der Waals surface area contributed by atoms with Gasteiger partial charge in [0.1, 0.15) is 18.2 Å². The lowest BCUT2D eigenvalue weighted by atomic mass is 10.0. The lowest BCUT2D eigenvalue weighted by molar-refractivity contribution is -0.137. The van der Waals surface area contributed by atoms with Crippen molar-refractivity contribution in [3.63, 3.8) is 0 Å². The molecule has 4 rings (SSSR count). The van der Waals surface area contributed by atoms with Crippen molar-refractivity contribution in [3.05, 3.63) is 81.3 Å². The highest BCUT2D eigenvalue weighted by Gasteiger charge is 2.36. The summed E-state index contributed by atoms with van der Waals surface area (Å²) >= 11 is 6.25. The molecule has 0 radical (unpaired) electrons. The minimum Gasteiger partial charge on any atom is -0.369 e. The van der Waals surface area contributed by atoms with Gasteiger partial charge in [-0.1, -0.05) is 11.6 Å². The van der Waals surface area contributed by atoms with Gasteiger partial charge >= 0.3 is 12.1 Å². The molecule has 1 aliphatic heterocycles. The number of hydrogen-bond acceptors (Lipinski definition) is 4. The first-order chi connectivity index (χ1) is 18.2. The van der Waals surface area contributed by atoms with Crippen LogP contribution in [-0.4, -0.2) is 52.6 Å². The number of amides is 3. The van der Waals surface area contributed by atoms with E-state index in [2.05, 4.69) is 20.6 Å². The van der Waals surface area contributed by atoms with Gasteiger partial charge in [0.2, 0.25) is 11.7 Å². The first-order valence-corrected chi connectivity index (χ1v) is 11.4. The van der Waals surface area contributed by atoms with Gasteiger partial charge in [-0.2, -0.15) is 18.2 Å². The highest BCUT2D eigenvalue weighted by molar-refractivity contribution is 6.31. The number of nitrogens with zero attached hydrogens (tertiary/aromatic N) is 4. The molecule has 2 heterocycles. The van der Waals surface area contributed by atoms with Crippen molar-refractivity contribution in [2.45, 2.75) is 18.8 Å². The van der Waals surface area contributed by atoms with Gasteiger partial charge in [-0.05, 0) is 36.4 Å². The zero-order valence-corrected chi connectivity index (χ0v) is 20.9. The maximum absolute atomic E-state index is 14.1. The number of imidazole rings is 1. The van der Waals surface area contributed by atoms with Crippen molar-refractivity contribution in [2.24, 2.45) is 4.99 Å². The maximum Gasteiger partial charge on any atom is 0.416 e. The molecule has 2 N–H and O–H groups in total. The van der Waals surface area contributed by atoms with Crippen LogP contribution in [0.1, 0.15) is 43.8 Å². The molecular weight excluding hydrogens is 551 g/mol. The Labute approximate surface area is 222 Å². The number of aliphatic imine (C=N–C) groups is 1. The Morgan fingerprint density at radius 2 is 1.90 bits per heavy atom. The number of carbonyl (C=O) groups is 3. The van der Waals surface area contributed by atoms with Crippen LogP contribution in [0.5, 0.6) is 0 Å². The van der Waals surface area contributed by atoms with Crippen LogP contribution in [0.4, 0.5) is 27.8 Å². The van der Waals surface area contributed by atoms with Gasteiger partial charge in [0.05, 0.1) is 23.6 Å². The third-order valence-electron chi connectivity index (χ3n) is 5.47. The number of alkyl halides is 3. The van der Waals surface area contributed by atoms with Crippen LogP contribution < -0.4 is 10.6 Å². The van der Waals surface area contributed by atoms with Crippen LogP contribution in [0.3, 0.4) is 0 Å². The highest BCUT2D eigenvalue weighted by atomic mass is 35.5. The Morgan fingerprint density at radius 1 is 1.18 bits per heavy atom. The molecule has 0 fully saturated rings. The Kier molecular flexibility index (Phi) is 7.41. The summed E-state index contributed by atoms with van der Waals surface area (Å²) in [5.74, 6) is -5.53. The maximum atomic E-state index is 14.1. The van der Waals surface area contributed by atoms with Gasteiger partial charge in [-0.25, -0.2) is 13.8 Å². The van der Waals surface area contributed by atoms with Crippen molar-refractivity contribution in [1.29, 1.82) is 0 Å². The number of carbonyl (C=O) groups excluding carboxylic acids is 3. The lowest BCUT2D eigenvalue weighted by Crippen LogP contribution is -2.40. The van der Waals surface area contributed by atoms with Crippen LogP contribution >= 0.6 is 11.6 Å². The Hall–Kier alpha value is -4.33. The highest BCUT2D eigenvalue weighted by Crippen LogP contribution is 2.36. The SMILES string of the molecule is CN(C)C=NC(=O)c1nc(NC(=O)c2cc(F)cc(C(F)(F)F)c2)c2n1CC(=O)N[C@H]2c1cc(F)ccc1Cl. The molecule has 3 amide bonds. The molecule has 0 unspecified atom stereocenters. The van der Waals surface area contributed by atoms with E-state index in [-0.39, 0.29) is 28.2 Å². The fourth-order valence-electron chi connectivity index (χ4n) is 3.84. The summed E-state index contributed by atoms with van der Waals surface area (Å²) in [5.41, 5.74) is -2.08. The standard InChI is InChI=1S/C24H18ClF5N6O3/c1-35(2)10-31-23(39)21-33-20(34-22(38)11-5-12(24(28,29)30)7-14(27)6-11)19-18(32-17(37)9-36(19)21)15-8-13(26)3-4-16(15)25/h3-8,10,18H,9H2,1-2H3,(H,32,37)(H,34,38)/t18-/m0/s1. The van der Waals surface area contributed by atoms with E-state index in [0.717, 1.165) is 23.0 Å². The van der Waals surface area contributed by atoms with Gasteiger partial charge in [-0.15, -0.1) is 0 Å². The number of fused-ring (bicyclic) bond motifs is 1. The molecule has 0 spiro atoms. The summed E-state index contributed by atoms with van der Waals surface area (Å²) in [6, 6.07) is 3.34. The summed E-state index contributed by atoms with van der Waals surface area (Å²) < 4.78 is 68.7. The fourth-order valence-corrected chi connectivity index (χ4v) is 4.07. The molecule has 15 heteroatoms. The third kappa shape index (κ3) is 5.90. The van der Waals surface area contributed by atoms with Crippen LogP contribution in [-0.2, 0) is 17.5 Å². The predicted octanol–water partition coefficient (Wildman–Crippen LogP) is 4.04. The van der Waals surface area contributed by atoms with Crippen molar-refractivity contribution in [3.8, 4) is 0 Å². The number of halogens is 6. The van der Waals surface area contributed by atoms with E-state index < -0.39 is 65.1 Å². The van der Waals surface area contributed by atoms with Gasteiger partial charge < -0.3 is 20.1 Å². The number of hydrogen-bond donors (Lipinski definition) is 2. The van der Waals surface area contributed by atoms with Crippen molar-refractivity contribution < 1.29 is 36.3 Å². The summed E-state index contributed by atoms with van der Waals surface area (Å²) in [4.78, 5) is 47.7. The van der Waals surface area contributed by atoms with Crippen molar-refractivity contribution >= 4 is 41.5 Å². The largest absolute Gasteiger partial charge is 0.416 e. The van der Waals surface area contributed by atoms with Gasteiger partial charge in [0.15, 0.2) is 5.82 Å². The molecule has 204 valence electrons. The second kappa shape index (κ2) is 10.4. The van der Waals surface area contributed by atoms with Crippen LogP contribution in [0.15, 0.2) is 41.4 Å². The summed E-state index contributed by atoms with van der Waals surface area (Å²) in [5, 5.41) is 4.88. The van der Waals surface area contributed by atoms with Gasteiger partial charge in [0, 0.05) is 30.2 Å². The summed E-state index contributed by atoms with van der Waals surface area (Å²) in [6.45, 7) is -0.460. The van der Waals surface area contributed by atoms with E-state index >= 15 is 0 Å². The minimum atomic E-state index is -4.93. The van der Waals surface area contributed by atoms with E-state index in [0.29, 0.717) is 12.1 Å². The second-order valence-electron chi connectivity index (χ2n) is 8.62. The third-order valence-corrected chi connectivity index (χ3v) is 5.82. The average Bonchev–Trinajstić information content (AvgIpc) is 3.20. The quantitative estimate of drug-likeness (QED) is 0.274. The molecule has 9 nitrogen and oxygen atoms in total. The second-order valence-corrected chi connectivity index (χ2v) is 9.02. The van der Waals surface area contributed by atoms with E-state index in [1.807, 2.05) is 0 Å². The normalized spacial score (nSPS) is 15.2. The Balaban J connectivity index is 1.86. The molecule has 39 heavy (non-hydrogen) atoms. The molecule has 0 bridgehead atoms. The van der Waals surface area contributed by atoms with Crippen LogP contribution in [0.25, 0.3) is 0 Å². The fraction of sp³-hybridized carbons (Fsp3) is 0.208. The Morgan fingerprint density at radius 3 is 2.56 bits per heavy atom. The number of rotatable bonds is 5. The number of nitrogens with one attached hydrogen (secondary N) is 2. The Bertz CT molecular complexity index is 1520. The molecular formula is C24H18ClF5N6O3. The van der Waals surface area contributed by atoms with Crippen LogP contribution in [0, 0.1) is 11.6 Å². The molecule has 1 aromatic heterocycles. The molecule has 0 aliphatic carbocycles. The van der Waals surface area contributed by atoms with Gasteiger partial charge in [0.25, 0.3) is 5.91 Å². The lowest BCUT2D eigenvalue weighted by Gasteiger charge is -2.28. The minimum absolute atomic E-state index is 0.0204. The monoisotopic (exact) mass is 568 g/mol. The van der Waals surface area contributed by atoms with E-state index in [4.69, 9.17) is 11.6 Å². The zero-order chi connectivity index (χ0) is 28.6. The average molecular weight is 569 g/mol. The summed E-state index contributed by atoms with van der Waals surface area (Å²) in [6.07, 6.45) is -3.77. The van der Waals surface area contributed by atoms with E-state index in [1.165, 1.54) is 11.0 Å². The number of benzene rings is 2. The summed E-state index contributed by atoms with van der Waals surface area (Å²) in [7, 11) is 3.18. The zero-order valence-electron chi connectivity index (χ0n) is 20.1. The topological polar surface area (TPSA) is 109 Å².